The third-order valence-electron chi connectivity index (χ3n) is 3.61. The van der Waals surface area contributed by atoms with Crippen molar-refractivity contribution in [2.75, 3.05) is 0 Å². The number of fused-ring (bicyclic) bond motifs is 1. The molecule has 0 radical (unpaired) electrons. The van der Waals surface area contributed by atoms with Crippen LogP contribution in [-0.2, 0) is 12.8 Å². The summed E-state index contributed by atoms with van der Waals surface area (Å²) in [5.74, 6) is 6.36. The highest BCUT2D eigenvalue weighted by atomic mass is 14.7. The fourth-order valence-corrected chi connectivity index (χ4v) is 2.58. The molecule has 0 amide bonds. The van der Waals surface area contributed by atoms with Crippen LogP contribution >= 0.6 is 0 Å². The smallest absolute Gasteiger partial charge is 0.0439 e. The minimum Gasteiger partial charge on any atom is -0.260 e. The minimum absolute atomic E-state index is 0.966. The molecule has 20 heavy (non-hydrogen) atoms. The fourth-order valence-electron chi connectivity index (χ4n) is 2.58. The van der Waals surface area contributed by atoms with Crippen LogP contribution in [0, 0.1) is 11.8 Å². The quantitative estimate of drug-likeness (QED) is 0.552. The topological polar surface area (TPSA) is 12.9 Å². The second kappa shape index (κ2) is 7.70. The van der Waals surface area contributed by atoms with E-state index in [0.29, 0.717) is 0 Å². The first kappa shape index (κ1) is 14.6. The Kier molecular flexibility index (Phi) is 5.62. The second-order valence-corrected chi connectivity index (χ2v) is 5.04. The molecule has 0 unspecified atom stereocenters. The summed E-state index contributed by atoms with van der Waals surface area (Å²) < 4.78 is 0. The highest BCUT2D eigenvalue weighted by Crippen LogP contribution is 2.23. The first-order valence-corrected chi connectivity index (χ1v) is 7.68. The standard InChI is InChI=1S/C19H23N/c1-3-5-6-7-8-9-14-18-17-13-11-10-12-16(17)15-20-19(18)4-2/h10-13,15H,3-4,7-9,14H2,1-2H3. The zero-order valence-electron chi connectivity index (χ0n) is 12.6. The Labute approximate surface area is 122 Å². The Morgan fingerprint density at radius 1 is 1.05 bits per heavy atom. The Morgan fingerprint density at radius 2 is 1.90 bits per heavy atom. The van der Waals surface area contributed by atoms with Crippen molar-refractivity contribution in [2.24, 2.45) is 0 Å². The van der Waals surface area contributed by atoms with Crippen molar-refractivity contribution in [3.8, 4) is 11.8 Å². The second-order valence-electron chi connectivity index (χ2n) is 5.04. The van der Waals surface area contributed by atoms with E-state index in [1.807, 2.05) is 6.20 Å². The maximum atomic E-state index is 4.63. The van der Waals surface area contributed by atoms with E-state index in [-0.39, 0.29) is 0 Å². The van der Waals surface area contributed by atoms with E-state index in [2.05, 4.69) is 54.9 Å². The largest absolute Gasteiger partial charge is 0.260 e. The first-order chi connectivity index (χ1) is 9.86. The molecule has 1 aromatic heterocycles. The highest BCUT2D eigenvalue weighted by Gasteiger charge is 2.07. The van der Waals surface area contributed by atoms with Gasteiger partial charge in [-0.1, -0.05) is 38.1 Å². The van der Waals surface area contributed by atoms with E-state index in [1.54, 1.807) is 0 Å². The van der Waals surface area contributed by atoms with Crippen molar-refractivity contribution in [2.45, 2.75) is 52.4 Å². The maximum Gasteiger partial charge on any atom is 0.0439 e. The number of benzene rings is 1. The summed E-state index contributed by atoms with van der Waals surface area (Å²) in [5, 5.41) is 2.63. The van der Waals surface area contributed by atoms with E-state index in [0.717, 1.165) is 25.7 Å². The molecule has 104 valence electrons. The fraction of sp³-hybridized carbons (Fsp3) is 0.421. The van der Waals surface area contributed by atoms with Crippen LogP contribution in [0.1, 0.15) is 50.8 Å². The highest BCUT2D eigenvalue weighted by molar-refractivity contribution is 5.85. The van der Waals surface area contributed by atoms with Gasteiger partial charge in [-0.3, -0.25) is 4.98 Å². The van der Waals surface area contributed by atoms with Crippen molar-refractivity contribution < 1.29 is 0 Å². The summed E-state index contributed by atoms with van der Waals surface area (Å²) in [6.07, 6.45) is 8.49. The molecular formula is C19H23N. The SMILES string of the molecule is CCC#CCCCCc1c(CC)ncc2ccccc12. The van der Waals surface area contributed by atoms with Gasteiger partial charge < -0.3 is 0 Å². The van der Waals surface area contributed by atoms with E-state index in [9.17, 15) is 0 Å². The van der Waals surface area contributed by atoms with Gasteiger partial charge in [0.2, 0.25) is 0 Å². The van der Waals surface area contributed by atoms with Crippen molar-refractivity contribution in [3.63, 3.8) is 0 Å². The van der Waals surface area contributed by atoms with Crippen molar-refractivity contribution in [1.82, 2.24) is 4.98 Å². The van der Waals surface area contributed by atoms with Gasteiger partial charge in [0.15, 0.2) is 0 Å². The van der Waals surface area contributed by atoms with Gasteiger partial charge in [-0.25, -0.2) is 0 Å². The number of rotatable bonds is 5. The monoisotopic (exact) mass is 265 g/mol. The normalized spacial score (nSPS) is 10.3. The van der Waals surface area contributed by atoms with Crippen LogP contribution in [0.15, 0.2) is 30.5 Å². The summed E-state index contributed by atoms with van der Waals surface area (Å²) in [6, 6.07) is 8.58. The number of aryl methyl sites for hydroxylation is 2. The summed E-state index contributed by atoms with van der Waals surface area (Å²) in [5.41, 5.74) is 2.69. The van der Waals surface area contributed by atoms with Gasteiger partial charge >= 0.3 is 0 Å². The van der Waals surface area contributed by atoms with Crippen LogP contribution in [0.3, 0.4) is 0 Å². The predicted molar refractivity (Wildman–Crippen MR) is 86.7 cm³/mol. The molecule has 0 saturated heterocycles. The molecule has 1 heteroatoms. The third-order valence-corrected chi connectivity index (χ3v) is 3.61. The molecule has 0 bridgehead atoms. The summed E-state index contributed by atoms with van der Waals surface area (Å²) in [4.78, 5) is 4.63. The Hall–Kier alpha value is -1.81. The molecule has 2 aromatic rings. The Morgan fingerprint density at radius 3 is 2.70 bits per heavy atom. The van der Waals surface area contributed by atoms with Crippen molar-refractivity contribution >= 4 is 10.8 Å². The molecule has 0 saturated carbocycles. The molecule has 0 aliphatic heterocycles. The lowest BCUT2D eigenvalue weighted by Crippen LogP contribution is -1.98. The molecule has 1 aromatic carbocycles. The summed E-state index contributed by atoms with van der Waals surface area (Å²) >= 11 is 0. The number of aromatic nitrogens is 1. The third kappa shape index (κ3) is 3.61. The van der Waals surface area contributed by atoms with E-state index < -0.39 is 0 Å². The van der Waals surface area contributed by atoms with Crippen LogP contribution in [0.4, 0.5) is 0 Å². The number of unbranched alkanes of at least 4 members (excludes halogenated alkanes) is 2. The van der Waals surface area contributed by atoms with Gasteiger partial charge in [0.25, 0.3) is 0 Å². The zero-order chi connectivity index (χ0) is 14.2. The molecule has 1 heterocycles. The average Bonchev–Trinajstić information content (AvgIpc) is 2.50. The molecule has 0 spiro atoms. The van der Waals surface area contributed by atoms with Gasteiger partial charge in [0.1, 0.15) is 0 Å². The van der Waals surface area contributed by atoms with Crippen LogP contribution in [0.25, 0.3) is 10.8 Å². The van der Waals surface area contributed by atoms with Gasteiger partial charge in [-0.05, 0) is 36.6 Å². The molecule has 2 rings (SSSR count). The van der Waals surface area contributed by atoms with Crippen LogP contribution in [-0.4, -0.2) is 4.98 Å². The van der Waals surface area contributed by atoms with Gasteiger partial charge in [0.05, 0.1) is 0 Å². The molecule has 0 aliphatic rings. The lowest BCUT2D eigenvalue weighted by atomic mass is 9.98. The maximum absolute atomic E-state index is 4.63. The summed E-state index contributed by atoms with van der Waals surface area (Å²) in [7, 11) is 0. The lowest BCUT2D eigenvalue weighted by molar-refractivity contribution is 0.750. The molecule has 0 fully saturated rings. The number of nitrogens with zero attached hydrogens (tertiary/aromatic N) is 1. The van der Waals surface area contributed by atoms with Crippen molar-refractivity contribution in [1.29, 1.82) is 0 Å². The minimum atomic E-state index is 0.966. The Bertz CT molecular complexity index is 616. The van der Waals surface area contributed by atoms with Crippen LogP contribution in [0.5, 0.6) is 0 Å². The van der Waals surface area contributed by atoms with E-state index in [1.165, 1.54) is 34.9 Å². The summed E-state index contributed by atoms with van der Waals surface area (Å²) in [6.45, 7) is 4.29. The van der Waals surface area contributed by atoms with E-state index in [4.69, 9.17) is 0 Å². The lowest BCUT2D eigenvalue weighted by Gasteiger charge is -2.10. The molecular weight excluding hydrogens is 242 g/mol. The van der Waals surface area contributed by atoms with Gasteiger partial charge in [-0.15, -0.1) is 11.8 Å². The molecule has 0 atom stereocenters. The number of pyridine rings is 1. The van der Waals surface area contributed by atoms with Crippen molar-refractivity contribution in [3.05, 3.63) is 41.7 Å². The van der Waals surface area contributed by atoms with E-state index >= 15 is 0 Å². The molecule has 1 nitrogen and oxygen atoms in total. The van der Waals surface area contributed by atoms with Gasteiger partial charge in [0, 0.05) is 30.1 Å². The molecule has 0 N–H and O–H groups in total. The predicted octanol–water partition coefficient (Wildman–Crippen LogP) is 4.92. The van der Waals surface area contributed by atoms with Gasteiger partial charge in [-0.2, -0.15) is 0 Å². The number of hydrogen-bond acceptors (Lipinski definition) is 1. The first-order valence-electron chi connectivity index (χ1n) is 7.68. The average molecular weight is 265 g/mol. The van der Waals surface area contributed by atoms with Crippen LogP contribution in [0.2, 0.25) is 0 Å². The number of hydrogen-bond donors (Lipinski definition) is 0. The Balaban J connectivity index is 2.11. The molecule has 0 aliphatic carbocycles. The van der Waals surface area contributed by atoms with Crippen LogP contribution < -0.4 is 0 Å². The zero-order valence-corrected chi connectivity index (χ0v) is 12.6.